The van der Waals surface area contributed by atoms with Crippen LogP contribution in [-0.4, -0.2) is 23.2 Å². The third-order valence-electron chi connectivity index (χ3n) is 1.75. The van der Waals surface area contributed by atoms with Crippen LogP contribution in [0.4, 0.5) is 5.69 Å². The van der Waals surface area contributed by atoms with Crippen molar-refractivity contribution < 1.29 is 5.11 Å². The van der Waals surface area contributed by atoms with Crippen LogP contribution in [0.15, 0.2) is 24.3 Å². The SMILES string of the molecule is Nc1ccc(CCSCCO)cc1. The van der Waals surface area contributed by atoms with Crippen LogP contribution in [0.5, 0.6) is 0 Å². The number of benzene rings is 1. The topological polar surface area (TPSA) is 46.2 Å². The first-order valence-electron chi connectivity index (χ1n) is 4.36. The number of rotatable bonds is 5. The second kappa shape index (κ2) is 5.89. The summed E-state index contributed by atoms with van der Waals surface area (Å²) in [4.78, 5) is 0. The number of hydrogen-bond acceptors (Lipinski definition) is 3. The van der Waals surface area contributed by atoms with Crippen LogP contribution in [0.25, 0.3) is 0 Å². The summed E-state index contributed by atoms with van der Waals surface area (Å²) < 4.78 is 0. The van der Waals surface area contributed by atoms with Crippen molar-refractivity contribution in [2.75, 3.05) is 23.8 Å². The number of aliphatic hydroxyl groups is 1. The zero-order chi connectivity index (χ0) is 9.52. The molecule has 3 N–H and O–H groups in total. The monoisotopic (exact) mass is 197 g/mol. The van der Waals surface area contributed by atoms with Gasteiger partial charge in [-0.05, 0) is 29.9 Å². The Hall–Kier alpha value is -0.670. The molecule has 3 heteroatoms. The van der Waals surface area contributed by atoms with Crippen LogP contribution in [0, 0.1) is 0 Å². The summed E-state index contributed by atoms with van der Waals surface area (Å²) in [6, 6.07) is 7.95. The molecule has 1 aromatic carbocycles. The minimum Gasteiger partial charge on any atom is -0.399 e. The molecule has 13 heavy (non-hydrogen) atoms. The maximum absolute atomic E-state index is 8.56. The van der Waals surface area contributed by atoms with Crippen molar-refractivity contribution in [2.45, 2.75) is 6.42 Å². The Morgan fingerprint density at radius 3 is 2.46 bits per heavy atom. The van der Waals surface area contributed by atoms with E-state index in [-0.39, 0.29) is 6.61 Å². The van der Waals surface area contributed by atoms with E-state index in [0.717, 1.165) is 23.6 Å². The molecule has 0 unspecified atom stereocenters. The van der Waals surface area contributed by atoms with Crippen LogP contribution >= 0.6 is 11.8 Å². The van der Waals surface area contributed by atoms with E-state index >= 15 is 0 Å². The fourth-order valence-electron chi connectivity index (χ4n) is 1.04. The lowest BCUT2D eigenvalue weighted by molar-refractivity contribution is 0.322. The fraction of sp³-hybridized carbons (Fsp3) is 0.400. The van der Waals surface area contributed by atoms with Crippen LogP contribution in [-0.2, 0) is 6.42 Å². The molecule has 0 aliphatic heterocycles. The molecule has 0 aromatic heterocycles. The van der Waals surface area contributed by atoms with E-state index in [0.29, 0.717) is 0 Å². The molecule has 1 rings (SSSR count). The predicted molar refractivity (Wildman–Crippen MR) is 59.0 cm³/mol. The molecule has 0 spiro atoms. The molecular formula is C10H15NOS. The van der Waals surface area contributed by atoms with E-state index in [1.54, 1.807) is 11.8 Å². The second-order valence-corrected chi connectivity index (χ2v) is 4.05. The molecule has 2 nitrogen and oxygen atoms in total. The normalized spacial score (nSPS) is 10.2. The van der Waals surface area contributed by atoms with E-state index < -0.39 is 0 Å². The Labute approximate surface area is 83.1 Å². The highest BCUT2D eigenvalue weighted by Crippen LogP contribution is 2.09. The molecule has 0 heterocycles. The molecule has 0 aliphatic rings. The number of nitrogen functional groups attached to an aromatic ring is 1. The summed E-state index contributed by atoms with van der Waals surface area (Å²) in [7, 11) is 0. The molecule has 0 atom stereocenters. The minimum atomic E-state index is 0.270. The molecule has 0 saturated heterocycles. The zero-order valence-corrected chi connectivity index (χ0v) is 8.39. The van der Waals surface area contributed by atoms with Gasteiger partial charge in [0.1, 0.15) is 0 Å². The molecule has 0 aliphatic carbocycles. The van der Waals surface area contributed by atoms with E-state index in [1.165, 1.54) is 5.56 Å². The Morgan fingerprint density at radius 2 is 1.85 bits per heavy atom. The lowest BCUT2D eigenvalue weighted by Gasteiger charge is -2.01. The molecule has 0 radical (unpaired) electrons. The van der Waals surface area contributed by atoms with Crippen molar-refractivity contribution in [3.05, 3.63) is 29.8 Å². The largest absolute Gasteiger partial charge is 0.399 e. The lowest BCUT2D eigenvalue weighted by atomic mass is 10.2. The summed E-state index contributed by atoms with van der Waals surface area (Å²) in [5.41, 5.74) is 7.68. The van der Waals surface area contributed by atoms with E-state index in [9.17, 15) is 0 Å². The van der Waals surface area contributed by atoms with Crippen LogP contribution in [0.3, 0.4) is 0 Å². The van der Waals surface area contributed by atoms with Gasteiger partial charge in [-0.25, -0.2) is 0 Å². The maximum Gasteiger partial charge on any atom is 0.0521 e. The van der Waals surface area contributed by atoms with Crippen molar-refractivity contribution in [1.82, 2.24) is 0 Å². The van der Waals surface area contributed by atoms with E-state index in [1.807, 2.05) is 12.1 Å². The van der Waals surface area contributed by atoms with Gasteiger partial charge in [0.15, 0.2) is 0 Å². The van der Waals surface area contributed by atoms with Crippen molar-refractivity contribution in [2.24, 2.45) is 0 Å². The van der Waals surface area contributed by atoms with E-state index in [2.05, 4.69) is 12.1 Å². The fourth-order valence-corrected chi connectivity index (χ4v) is 1.75. The van der Waals surface area contributed by atoms with Crippen LogP contribution in [0.1, 0.15) is 5.56 Å². The number of hydrogen-bond donors (Lipinski definition) is 2. The minimum absolute atomic E-state index is 0.270. The number of thioether (sulfide) groups is 1. The summed E-state index contributed by atoms with van der Waals surface area (Å²) in [6.45, 7) is 0.270. The molecule has 0 fully saturated rings. The van der Waals surface area contributed by atoms with Crippen molar-refractivity contribution in [1.29, 1.82) is 0 Å². The Kier molecular flexibility index (Phi) is 4.72. The smallest absolute Gasteiger partial charge is 0.0521 e. The number of aliphatic hydroxyl groups excluding tert-OH is 1. The standard InChI is InChI=1S/C10H15NOS/c11-10-3-1-9(2-4-10)5-7-13-8-6-12/h1-4,12H,5-8,11H2. The molecule has 0 bridgehead atoms. The molecule has 0 amide bonds. The average molecular weight is 197 g/mol. The van der Waals surface area contributed by atoms with Gasteiger partial charge in [-0.2, -0.15) is 11.8 Å². The predicted octanol–water partition coefficient (Wildman–Crippen LogP) is 1.54. The number of anilines is 1. The van der Waals surface area contributed by atoms with Gasteiger partial charge in [-0.15, -0.1) is 0 Å². The third-order valence-corrected chi connectivity index (χ3v) is 2.71. The van der Waals surface area contributed by atoms with Gasteiger partial charge in [0.05, 0.1) is 6.61 Å². The van der Waals surface area contributed by atoms with E-state index in [4.69, 9.17) is 10.8 Å². The first kappa shape index (κ1) is 10.4. The quantitative estimate of drug-likeness (QED) is 0.556. The number of aryl methyl sites for hydroxylation is 1. The summed E-state index contributed by atoms with van der Waals surface area (Å²) in [6.07, 6.45) is 1.05. The van der Waals surface area contributed by atoms with Gasteiger partial charge < -0.3 is 10.8 Å². The summed E-state index contributed by atoms with van der Waals surface area (Å²) in [5, 5.41) is 8.56. The molecule has 0 saturated carbocycles. The van der Waals surface area contributed by atoms with Crippen LogP contribution in [0.2, 0.25) is 0 Å². The average Bonchev–Trinajstić information content (AvgIpc) is 2.15. The molecular weight excluding hydrogens is 182 g/mol. The first-order valence-corrected chi connectivity index (χ1v) is 5.51. The zero-order valence-electron chi connectivity index (χ0n) is 7.57. The van der Waals surface area contributed by atoms with Crippen molar-refractivity contribution in [3.63, 3.8) is 0 Å². The Morgan fingerprint density at radius 1 is 1.15 bits per heavy atom. The van der Waals surface area contributed by atoms with Crippen molar-refractivity contribution in [3.8, 4) is 0 Å². The number of nitrogens with two attached hydrogens (primary N) is 1. The highest BCUT2D eigenvalue weighted by Gasteiger charge is 1.92. The summed E-state index contributed by atoms with van der Waals surface area (Å²) >= 11 is 1.77. The maximum atomic E-state index is 8.56. The first-order chi connectivity index (χ1) is 6.33. The Balaban J connectivity index is 2.25. The summed E-state index contributed by atoms with van der Waals surface area (Å²) in [5.74, 6) is 1.89. The third kappa shape index (κ3) is 4.20. The lowest BCUT2D eigenvalue weighted by Crippen LogP contribution is -1.93. The second-order valence-electron chi connectivity index (χ2n) is 2.83. The van der Waals surface area contributed by atoms with Crippen molar-refractivity contribution >= 4 is 17.4 Å². The molecule has 1 aromatic rings. The highest BCUT2D eigenvalue weighted by atomic mass is 32.2. The van der Waals surface area contributed by atoms with Gasteiger partial charge in [-0.1, -0.05) is 12.1 Å². The van der Waals surface area contributed by atoms with Gasteiger partial charge in [0.2, 0.25) is 0 Å². The van der Waals surface area contributed by atoms with Gasteiger partial charge in [0.25, 0.3) is 0 Å². The highest BCUT2D eigenvalue weighted by molar-refractivity contribution is 7.99. The molecule has 72 valence electrons. The van der Waals surface area contributed by atoms with Gasteiger partial charge in [-0.3, -0.25) is 0 Å². The Bertz CT molecular complexity index is 235. The van der Waals surface area contributed by atoms with Gasteiger partial charge in [0, 0.05) is 11.4 Å². The van der Waals surface area contributed by atoms with Gasteiger partial charge >= 0.3 is 0 Å². The van der Waals surface area contributed by atoms with Crippen LogP contribution < -0.4 is 5.73 Å².